The topological polar surface area (TPSA) is 58.6 Å². The molecular formula is C49H98N2O3. The number of ether oxygens (including phenoxy) is 1. The first kappa shape index (κ1) is 52.9. The van der Waals surface area contributed by atoms with Crippen LogP contribution in [0, 0.1) is 11.8 Å². The standard InChI is InChI=1S/C49H98N2O3/c1-7-11-25-33-45(34-26-12-8-2)37-29-21-17-15-16-18-22-30-38-47(50-48(52)41-43-51(5)6)39-31-23-19-20-24-32-40-49(53)54-44-42-46(35-27-13-9-3)36-28-14-10-4/h45-47H,7-44H2,1-6H3,(H,50,52). The second-order valence-corrected chi connectivity index (χ2v) is 17.6. The lowest BCUT2D eigenvalue weighted by molar-refractivity contribution is -0.144. The molecule has 0 aromatic rings. The van der Waals surface area contributed by atoms with Gasteiger partial charge in [0.2, 0.25) is 5.91 Å². The number of hydrogen-bond acceptors (Lipinski definition) is 4. The van der Waals surface area contributed by atoms with Crippen molar-refractivity contribution in [1.29, 1.82) is 0 Å². The summed E-state index contributed by atoms with van der Waals surface area (Å²) in [6, 6.07) is 0.315. The largest absolute Gasteiger partial charge is 0.466 e. The van der Waals surface area contributed by atoms with Gasteiger partial charge in [-0.05, 0) is 51.6 Å². The van der Waals surface area contributed by atoms with Crippen molar-refractivity contribution >= 4 is 11.9 Å². The molecule has 0 radical (unpaired) electrons. The van der Waals surface area contributed by atoms with Crippen molar-refractivity contribution in [2.45, 2.75) is 265 Å². The first-order valence-electron chi connectivity index (χ1n) is 24.5. The molecule has 322 valence electrons. The summed E-state index contributed by atoms with van der Waals surface area (Å²) >= 11 is 0. The van der Waals surface area contributed by atoms with Gasteiger partial charge in [-0.25, -0.2) is 0 Å². The zero-order valence-corrected chi connectivity index (χ0v) is 37.8. The Balaban J connectivity index is 4.20. The van der Waals surface area contributed by atoms with Gasteiger partial charge in [-0.15, -0.1) is 0 Å². The van der Waals surface area contributed by atoms with E-state index in [0.29, 0.717) is 25.5 Å². The molecule has 1 amide bonds. The van der Waals surface area contributed by atoms with Crippen LogP contribution in [-0.2, 0) is 14.3 Å². The molecule has 0 aromatic carbocycles. The highest BCUT2D eigenvalue weighted by molar-refractivity contribution is 5.76. The minimum atomic E-state index is -0.00148. The second-order valence-electron chi connectivity index (χ2n) is 17.6. The SMILES string of the molecule is CCCCCC(CCCCC)CCCCCCCCCCC(CCCCCCCCC(=O)OCCC(CCCCC)CCCCC)NC(=O)CCN(C)C. The van der Waals surface area contributed by atoms with E-state index < -0.39 is 0 Å². The lowest BCUT2D eigenvalue weighted by Gasteiger charge is -2.20. The van der Waals surface area contributed by atoms with Crippen LogP contribution in [0.4, 0.5) is 0 Å². The molecule has 0 aliphatic heterocycles. The van der Waals surface area contributed by atoms with Crippen molar-refractivity contribution < 1.29 is 14.3 Å². The summed E-state index contributed by atoms with van der Waals surface area (Å²) in [4.78, 5) is 27.1. The summed E-state index contributed by atoms with van der Waals surface area (Å²) in [5.41, 5.74) is 0. The molecule has 1 N–H and O–H groups in total. The molecule has 5 nitrogen and oxygen atoms in total. The van der Waals surface area contributed by atoms with E-state index in [1.165, 1.54) is 186 Å². The Hall–Kier alpha value is -1.10. The molecule has 0 fully saturated rings. The molecule has 0 aliphatic carbocycles. The van der Waals surface area contributed by atoms with Gasteiger partial charge in [0.05, 0.1) is 6.61 Å². The zero-order chi connectivity index (χ0) is 39.7. The molecule has 0 aromatic heterocycles. The molecule has 0 heterocycles. The number of nitrogens with zero attached hydrogens (tertiary/aromatic N) is 1. The van der Waals surface area contributed by atoms with Crippen LogP contribution in [-0.4, -0.2) is 50.1 Å². The van der Waals surface area contributed by atoms with Crippen molar-refractivity contribution in [2.75, 3.05) is 27.2 Å². The van der Waals surface area contributed by atoms with Gasteiger partial charge in [0.25, 0.3) is 0 Å². The fourth-order valence-corrected chi connectivity index (χ4v) is 8.17. The number of carbonyl (C=O) groups is 2. The average Bonchev–Trinajstić information content (AvgIpc) is 3.15. The lowest BCUT2D eigenvalue weighted by atomic mass is 9.90. The normalized spacial score (nSPS) is 12.3. The Morgan fingerprint density at radius 2 is 0.796 bits per heavy atom. The van der Waals surface area contributed by atoms with Crippen LogP contribution < -0.4 is 5.32 Å². The predicted octanol–water partition coefficient (Wildman–Crippen LogP) is 14.9. The van der Waals surface area contributed by atoms with E-state index in [2.05, 4.69) is 37.9 Å². The predicted molar refractivity (Wildman–Crippen MR) is 237 cm³/mol. The van der Waals surface area contributed by atoms with Crippen molar-refractivity contribution in [2.24, 2.45) is 11.8 Å². The molecular weight excluding hydrogens is 665 g/mol. The first-order chi connectivity index (χ1) is 26.4. The van der Waals surface area contributed by atoms with Crippen LogP contribution in [0.2, 0.25) is 0 Å². The van der Waals surface area contributed by atoms with Gasteiger partial charge in [0.15, 0.2) is 0 Å². The highest BCUT2D eigenvalue weighted by atomic mass is 16.5. The number of hydrogen-bond donors (Lipinski definition) is 1. The van der Waals surface area contributed by atoms with Crippen molar-refractivity contribution in [1.82, 2.24) is 10.2 Å². The number of rotatable bonds is 43. The minimum absolute atomic E-state index is 0.00148. The minimum Gasteiger partial charge on any atom is -0.466 e. The number of amides is 1. The highest BCUT2D eigenvalue weighted by Crippen LogP contribution is 2.25. The van der Waals surface area contributed by atoms with Crippen LogP contribution in [0.1, 0.15) is 259 Å². The van der Waals surface area contributed by atoms with E-state index in [1.54, 1.807) is 0 Å². The molecule has 54 heavy (non-hydrogen) atoms. The molecule has 0 spiro atoms. The Labute approximate surface area is 339 Å². The third kappa shape index (κ3) is 37.8. The molecule has 1 atom stereocenters. The Kier molecular flexibility index (Phi) is 40.7. The molecule has 0 rings (SSSR count). The summed E-state index contributed by atoms with van der Waals surface area (Å²) < 4.78 is 5.65. The van der Waals surface area contributed by atoms with Gasteiger partial charge < -0.3 is 15.0 Å². The van der Waals surface area contributed by atoms with Gasteiger partial charge in [-0.3, -0.25) is 9.59 Å². The molecule has 1 unspecified atom stereocenters. The van der Waals surface area contributed by atoms with Crippen LogP contribution in [0.5, 0.6) is 0 Å². The van der Waals surface area contributed by atoms with E-state index in [-0.39, 0.29) is 11.9 Å². The molecule has 0 aliphatic rings. The van der Waals surface area contributed by atoms with Crippen LogP contribution in [0.3, 0.4) is 0 Å². The quantitative estimate of drug-likeness (QED) is 0.0496. The third-order valence-corrected chi connectivity index (χ3v) is 11.9. The van der Waals surface area contributed by atoms with E-state index >= 15 is 0 Å². The highest BCUT2D eigenvalue weighted by Gasteiger charge is 2.14. The summed E-state index contributed by atoms with van der Waals surface area (Å²) in [6.45, 7) is 10.6. The molecule has 5 heteroatoms. The van der Waals surface area contributed by atoms with E-state index in [4.69, 9.17) is 4.74 Å². The monoisotopic (exact) mass is 763 g/mol. The smallest absolute Gasteiger partial charge is 0.305 e. The first-order valence-corrected chi connectivity index (χ1v) is 24.5. The average molecular weight is 763 g/mol. The lowest BCUT2D eigenvalue weighted by Crippen LogP contribution is -2.36. The Bertz CT molecular complexity index is 767. The van der Waals surface area contributed by atoms with Gasteiger partial charge in [0.1, 0.15) is 0 Å². The van der Waals surface area contributed by atoms with Crippen molar-refractivity contribution in [3.05, 3.63) is 0 Å². The molecule has 0 saturated heterocycles. The molecule has 0 bridgehead atoms. The maximum atomic E-state index is 12.7. The number of esters is 1. The van der Waals surface area contributed by atoms with E-state index in [9.17, 15) is 9.59 Å². The van der Waals surface area contributed by atoms with Gasteiger partial charge in [-0.1, -0.05) is 220 Å². The fourth-order valence-electron chi connectivity index (χ4n) is 8.17. The van der Waals surface area contributed by atoms with Crippen molar-refractivity contribution in [3.8, 4) is 0 Å². The zero-order valence-electron chi connectivity index (χ0n) is 37.8. The Morgan fingerprint density at radius 1 is 0.444 bits per heavy atom. The number of carbonyl (C=O) groups excluding carboxylic acids is 2. The number of unbranched alkanes of at least 4 members (excludes halogenated alkanes) is 20. The Morgan fingerprint density at radius 3 is 1.20 bits per heavy atom. The fraction of sp³-hybridized carbons (Fsp3) is 0.959. The van der Waals surface area contributed by atoms with Gasteiger partial charge in [-0.2, -0.15) is 0 Å². The number of nitrogens with one attached hydrogen (secondary N) is 1. The summed E-state index contributed by atoms with van der Waals surface area (Å²) in [7, 11) is 4.07. The maximum absolute atomic E-state index is 12.7. The summed E-state index contributed by atoms with van der Waals surface area (Å²) in [6.07, 6.45) is 45.3. The van der Waals surface area contributed by atoms with Crippen LogP contribution >= 0.6 is 0 Å². The maximum Gasteiger partial charge on any atom is 0.305 e. The molecule has 0 saturated carbocycles. The van der Waals surface area contributed by atoms with Gasteiger partial charge >= 0.3 is 5.97 Å². The van der Waals surface area contributed by atoms with Crippen LogP contribution in [0.15, 0.2) is 0 Å². The van der Waals surface area contributed by atoms with Gasteiger partial charge in [0, 0.05) is 25.4 Å². The summed E-state index contributed by atoms with van der Waals surface area (Å²) in [5.74, 6) is 1.91. The third-order valence-electron chi connectivity index (χ3n) is 11.9. The summed E-state index contributed by atoms with van der Waals surface area (Å²) in [5, 5.41) is 3.39. The van der Waals surface area contributed by atoms with E-state index in [0.717, 1.165) is 50.5 Å². The van der Waals surface area contributed by atoms with Crippen LogP contribution in [0.25, 0.3) is 0 Å². The second kappa shape index (κ2) is 41.5. The van der Waals surface area contributed by atoms with Crippen molar-refractivity contribution in [3.63, 3.8) is 0 Å². The van der Waals surface area contributed by atoms with E-state index in [1.807, 2.05) is 14.1 Å².